The smallest absolute Gasteiger partial charge is 0.338 e. The van der Waals surface area contributed by atoms with Crippen molar-refractivity contribution in [2.75, 3.05) is 19.0 Å². The van der Waals surface area contributed by atoms with Crippen molar-refractivity contribution in [1.29, 1.82) is 0 Å². The zero-order chi connectivity index (χ0) is 20.1. The van der Waals surface area contributed by atoms with Crippen LogP contribution in [0, 0.1) is 6.92 Å². The maximum atomic E-state index is 11.9. The van der Waals surface area contributed by atoms with Gasteiger partial charge in [0.2, 0.25) is 0 Å². The summed E-state index contributed by atoms with van der Waals surface area (Å²) >= 11 is 5.54. The van der Waals surface area contributed by atoms with Crippen LogP contribution < -0.4 is 15.4 Å². The molecule has 2 aromatic carbocycles. The Kier molecular flexibility index (Phi) is 6.52. The number of nitrogens with one attached hydrogen (secondary N) is 2. The first-order valence-electron chi connectivity index (χ1n) is 9.54. The van der Waals surface area contributed by atoms with Gasteiger partial charge in [0.25, 0.3) is 0 Å². The highest BCUT2D eigenvalue weighted by atomic mass is 32.1. The van der Waals surface area contributed by atoms with Crippen LogP contribution in [0.4, 0.5) is 5.69 Å². The molecule has 2 N–H and O–H groups in total. The standard InChI is InChI=1S/C22H26N2O3S/c1-4-27-21(25)16-8-11-19(14(2)12-16)23-22(28)24-20-7-5-6-15-13-17(26-3)9-10-18(15)20/h8-13,20H,4-7H2,1-3H3,(H2,23,24,28)/t20-/m1/s1. The van der Waals surface area contributed by atoms with Crippen LogP contribution in [-0.4, -0.2) is 24.8 Å². The Balaban J connectivity index is 1.68. The van der Waals surface area contributed by atoms with Gasteiger partial charge in [-0.3, -0.25) is 0 Å². The first-order chi connectivity index (χ1) is 13.5. The summed E-state index contributed by atoms with van der Waals surface area (Å²) in [6.07, 6.45) is 3.19. The number of rotatable bonds is 5. The summed E-state index contributed by atoms with van der Waals surface area (Å²) in [6, 6.07) is 11.8. The summed E-state index contributed by atoms with van der Waals surface area (Å²) < 4.78 is 10.4. The van der Waals surface area contributed by atoms with Crippen molar-refractivity contribution in [3.8, 4) is 5.75 Å². The van der Waals surface area contributed by atoms with Crippen molar-refractivity contribution >= 4 is 29.0 Å². The van der Waals surface area contributed by atoms with Crippen LogP contribution in [0.3, 0.4) is 0 Å². The second-order valence-electron chi connectivity index (χ2n) is 6.86. The Bertz CT molecular complexity index is 882. The molecular formula is C22H26N2O3S. The van der Waals surface area contributed by atoms with Gasteiger partial charge in [-0.15, -0.1) is 0 Å². The van der Waals surface area contributed by atoms with E-state index in [-0.39, 0.29) is 12.0 Å². The molecule has 0 aliphatic heterocycles. The Morgan fingerprint density at radius 3 is 2.79 bits per heavy atom. The number of ether oxygens (including phenoxy) is 2. The highest BCUT2D eigenvalue weighted by molar-refractivity contribution is 7.80. The molecule has 0 fully saturated rings. The second kappa shape index (κ2) is 9.06. The van der Waals surface area contributed by atoms with E-state index in [1.807, 2.05) is 25.1 Å². The van der Waals surface area contributed by atoms with Crippen LogP contribution in [0.2, 0.25) is 0 Å². The third-order valence-corrected chi connectivity index (χ3v) is 5.18. The van der Waals surface area contributed by atoms with Gasteiger partial charge >= 0.3 is 5.97 Å². The Morgan fingerprint density at radius 2 is 2.07 bits per heavy atom. The number of carbonyl (C=O) groups is 1. The van der Waals surface area contributed by atoms with Gasteiger partial charge in [0.05, 0.1) is 25.3 Å². The Morgan fingerprint density at radius 1 is 1.25 bits per heavy atom. The van der Waals surface area contributed by atoms with Gasteiger partial charge < -0.3 is 20.1 Å². The number of methoxy groups -OCH3 is 1. The van der Waals surface area contributed by atoms with E-state index >= 15 is 0 Å². The molecule has 2 aromatic rings. The first-order valence-corrected chi connectivity index (χ1v) is 9.94. The van der Waals surface area contributed by atoms with Crippen LogP contribution in [0.5, 0.6) is 5.75 Å². The Labute approximate surface area is 171 Å². The summed E-state index contributed by atoms with van der Waals surface area (Å²) in [6.45, 7) is 4.10. The lowest BCUT2D eigenvalue weighted by Crippen LogP contribution is -2.34. The number of esters is 1. The van der Waals surface area contributed by atoms with Gasteiger partial charge in [0, 0.05) is 5.69 Å². The van der Waals surface area contributed by atoms with E-state index < -0.39 is 0 Å². The van der Waals surface area contributed by atoms with Crippen molar-refractivity contribution in [2.45, 2.75) is 39.2 Å². The van der Waals surface area contributed by atoms with E-state index in [9.17, 15) is 4.79 Å². The fourth-order valence-corrected chi connectivity index (χ4v) is 3.78. The summed E-state index contributed by atoms with van der Waals surface area (Å²) in [5, 5.41) is 7.26. The molecular weight excluding hydrogens is 372 g/mol. The maximum absolute atomic E-state index is 11.9. The lowest BCUT2D eigenvalue weighted by Gasteiger charge is -2.28. The van der Waals surface area contributed by atoms with Crippen molar-refractivity contribution in [3.05, 3.63) is 58.7 Å². The normalized spacial score (nSPS) is 15.3. The molecule has 0 saturated heterocycles. The van der Waals surface area contributed by atoms with Gasteiger partial charge in [0.1, 0.15) is 5.75 Å². The zero-order valence-corrected chi connectivity index (χ0v) is 17.3. The molecule has 1 atom stereocenters. The molecule has 1 aliphatic carbocycles. The SMILES string of the molecule is CCOC(=O)c1ccc(NC(=S)N[C@@H]2CCCc3cc(OC)ccc32)c(C)c1. The minimum absolute atomic E-state index is 0.175. The lowest BCUT2D eigenvalue weighted by atomic mass is 9.87. The van der Waals surface area contributed by atoms with Crippen LogP contribution >= 0.6 is 12.2 Å². The molecule has 0 unspecified atom stereocenters. The number of aryl methyl sites for hydroxylation is 2. The molecule has 3 rings (SSSR count). The molecule has 0 radical (unpaired) electrons. The van der Waals surface area contributed by atoms with E-state index in [1.165, 1.54) is 11.1 Å². The summed E-state index contributed by atoms with van der Waals surface area (Å²) in [7, 11) is 1.69. The van der Waals surface area contributed by atoms with Crippen LogP contribution in [0.1, 0.15) is 52.9 Å². The van der Waals surface area contributed by atoms with Crippen molar-refractivity contribution in [1.82, 2.24) is 5.32 Å². The number of anilines is 1. The third-order valence-electron chi connectivity index (χ3n) is 4.96. The summed E-state index contributed by atoms with van der Waals surface area (Å²) in [4.78, 5) is 11.9. The fourth-order valence-electron chi connectivity index (χ4n) is 3.53. The Hall–Kier alpha value is -2.60. The van der Waals surface area contributed by atoms with Gasteiger partial charge in [-0.1, -0.05) is 6.07 Å². The van der Waals surface area contributed by atoms with Crippen LogP contribution in [0.25, 0.3) is 0 Å². The van der Waals surface area contributed by atoms with E-state index in [4.69, 9.17) is 21.7 Å². The average Bonchev–Trinajstić information content (AvgIpc) is 2.69. The quantitative estimate of drug-likeness (QED) is 0.569. The topological polar surface area (TPSA) is 59.6 Å². The van der Waals surface area contributed by atoms with E-state index in [0.717, 1.165) is 36.3 Å². The minimum atomic E-state index is -0.313. The third kappa shape index (κ3) is 4.62. The zero-order valence-electron chi connectivity index (χ0n) is 16.5. The second-order valence-corrected chi connectivity index (χ2v) is 7.27. The predicted molar refractivity (Wildman–Crippen MR) is 115 cm³/mol. The molecule has 0 heterocycles. The molecule has 148 valence electrons. The maximum Gasteiger partial charge on any atom is 0.338 e. The minimum Gasteiger partial charge on any atom is -0.497 e. The number of carbonyl (C=O) groups excluding carboxylic acids is 1. The summed E-state index contributed by atoms with van der Waals surface area (Å²) in [5.74, 6) is 0.574. The predicted octanol–water partition coefficient (Wildman–Crippen LogP) is 4.54. The lowest BCUT2D eigenvalue weighted by molar-refractivity contribution is 0.0526. The largest absolute Gasteiger partial charge is 0.497 e. The van der Waals surface area contributed by atoms with E-state index in [1.54, 1.807) is 20.1 Å². The molecule has 1 aliphatic rings. The molecule has 6 heteroatoms. The summed E-state index contributed by atoms with van der Waals surface area (Å²) in [5.41, 5.74) is 4.92. The number of fused-ring (bicyclic) bond motifs is 1. The molecule has 0 amide bonds. The molecule has 0 spiro atoms. The van der Waals surface area contributed by atoms with E-state index in [0.29, 0.717) is 17.3 Å². The van der Waals surface area contributed by atoms with Gasteiger partial charge in [0.15, 0.2) is 5.11 Å². The molecule has 0 saturated carbocycles. The molecule has 0 aromatic heterocycles. The monoisotopic (exact) mass is 398 g/mol. The van der Waals surface area contributed by atoms with Crippen molar-refractivity contribution < 1.29 is 14.3 Å². The van der Waals surface area contributed by atoms with Gasteiger partial charge in [-0.05, 0) is 92.4 Å². The van der Waals surface area contributed by atoms with Crippen LogP contribution in [-0.2, 0) is 11.2 Å². The van der Waals surface area contributed by atoms with E-state index in [2.05, 4.69) is 22.8 Å². The van der Waals surface area contributed by atoms with Gasteiger partial charge in [-0.2, -0.15) is 0 Å². The molecule has 5 nitrogen and oxygen atoms in total. The highest BCUT2D eigenvalue weighted by Gasteiger charge is 2.21. The number of hydrogen-bond acceptors (Lipinski definition) is 4. The highest BCUT2D eigenvalue weighted by Crippen LogP contribution is 2.32. The number of benzene rings is 2. The fraction of sp³-hybridized carbons (Fsp3) is 0.364. The van der Waals surface area contributed by atoms with Crippen molar-refractivity contribution in [3.63, 3.8) is 0 Å². The van der Waals surface area contributed by atoms with Gasteiger partial charge in [-0.25, -0.2) is 4.79 Å². The first kappa shape index (κ1) is 20.1. The number of thiocarbonyl (C=S) groups is 1. The van der Waals surface area contributed by atoms with Crippen molar-refractivity contribution in [2.24, 2.45) is 0 Å². The van der Waals surface area contributed by atoms with Crippen LogP contribution in [0.15, 0.2) is 36.4 Å². The molecule has 0 bridgehead atoms. The average molecular weight is 399 g/mol. The number of hydrogen-bond donors (Lipinski definition) is 2. The molecule has 28 heavy (non-hydrogen) atoms.